The highest BCUT2D eigenvalue weighted by molar-refractivity contribution is 9.10. The van der Waals surface area contributed by atoms with Crippen LogP contribution >= 0.6 is 15.9 Å². The molecule has 0 saturated heterocycles. The van der Waals surface area contributed by atoms with Crippen molar-refractivity contribution in [2.24, 2.45) is 0 Å². The van der Waals surface area contributed by atoms with Crippen LogP contribution in [0.2, 0.25) is 0 Å². The fourth-order valence-corrected chi connectivity index (χ4v) is 2.65. The van der Waals surface area contributed by atoms with Crippen molar-refractivity contribution < 1.29 is 27.1 Å². The van der Waals surface area contributed by atoms with Gasteiger partial charge in [-0.3, -0.25) is 9.89 Å². The van der Waals surface area contributed by atoms with Crippen molar-refractivity contribution in [1.29, 1.82) is 0 Å². The second-order valence-corrected chi connectivity index (χ2v) is 6.36. The smallest absolute Gasteiger partial charge is 0.437 e. The summed E-state index contributed by atoms with van der Waals surface area (Å²) in [6.07, 6.45) is -4.70. The lowest BCUT2D eigenvalue weighted by molar-refractivity contribution is -0.140. The normalized spacial score (nSPS) is 11.4. The maximum absolute atomic E-state index is 12.9. The Morgan fingerprint density at radius 2 is 2.04 bits per heavy atom. The van der Waals surface area contributed by atoms with Gasteiger partial charge >= 0.3 is 6.18 Å². The highest BCUT2D eigenvalue weighted by atomic mass is 79.9. The summed E-state index contributed by atoms with van der Waals surface area (Å²) in [7, 11) is 0. The summed E-state index contributed by atoms with van der Waals surface area (Å²) in [6, 6.07) is 10.1. The van der Waals surface area contributed by atoms with E-state index in [1.807, 2.05) is 12.1 Å². The highest BCUT2D eigenvalue weighted by Crippen LogP contribution is 2.35. The Kier molecular flexibility index (Phi) is 5.26. The molecule has 0 saturated carbocycles. The molecule has 2 heterocycles. The second-order valence-electron chi connectivity index (χ2n) is 5.51. The molecule has 10 heteroatoms. The van der Waals surface area contributed by atoms with E-state index >= 15 is 0 Å². The van der Waals surface area contributed by atoms with Gasteiger partial charge in [0.2, 0.25) is 0 Å². The topological polar surface area (TPSA) is 80.2 Å². The van der Waals surface area contributed by atoms with Gasteiger partial charge in [0.25, 0.3) is 5.91 Å². The zero-order valence-electron chi connectivity index (χ0n) is 13.9. The number of alkyl halides is 3. The van der Waals surface area contributed by atoms with Crippen LogP contribution in [0.1, 0.15) is 27.7 Å². The van der Waals surface area contributed by atoms with Crippen LogP contribution < -0.4 is 10.1 Å². The maximum atomic E-state index is 12.9. The van der Waals surface area contributed by atoms with Gasteiger partial charge in [-0.15, -0.1) is 0 Å². The van der Waals surface area contributed by atoms with E-state index in [1.165, 1.54) is 19.1 Å². The number of para-hydroxylation sites is 1. The van der Waals surface area contributed by atoms with Gasteiger partial charge in [0.15, 0.2) is 11.5 Å². The zero-order chi connectivity index (χ0) is 19.6. The SMILES string of the molecule is Cc1[nH]nc(C(F)(F)F)c1NC(=O)c1ccc(COc2ccccc2Br)o1. The number of hydrogen-bond acceptors (Lipinski definition) is 4. The molecule has 3 aromatic rings. The molecule has 2 aromatic heterocycles. The Morgan fingerprint density at radius 1 is 1.30 bits per heavy atom. The van der Waals surface area contributed by atoms with Gasteiger partial charge in [0.1, 0.15) is 18.1 Å². The van der Waals surface area contributed by atoms with Gasteiger partial charge in [-0.2, -0.15) is 18.3 Å². The van der Waals surface area contributed by atoms with Crippen molar-refractivity contribution in [2.75, 3.05) is 5.32 Å². The fourth-order valence-electron chi connectivity index (χ4n) is 2.25. The number of rotatable bonds is 5. The van der Waals surface area contributed by atoms with Crippen molar-refractivity contribution in [3.8, 4) is 5.75 Å². The third-order valence-corrected chi connectivity index (χ3v) is 4.20. The van der Waals surface area contributed by atoms with E-state index in [4.69, 9.17) is 9.15 Å². The Labute approximate surface area is 159 Å². The number of nitrogens with zero attached hydrogens (tertiary/aromatic N) is 1. The molecule has 0 bridgehead atoms. The standard InChI is InChI=1S/C17H13BrF3N3O3/c1-9-14(15(24-23-9)17(19,20)21)22-16(25)13-7-6-10(27-13)8-26-12-5-3-2-4-11(12)18/h2-7H,8H2,1H3,(H,22,25)(H,23,24). The number of aromatic nitrogens is 2. The predicted octanol–water partition coefficient (Wildman–Crippen LogP) is 4.92. The quantitative estimate of drug-likeness (QED) is 0.586. The number of aryl methyl sites for hydroxylation is 1. The van der Waals surface area contributed by atoms with E-state index in [-0.39, 0.29) is 18.1 Å². The van der Waals surface area contributed by atoms with E-state index in [0.717, 1.165) is 4.47 Å². The van der Waals surface area contributed by atoms with Crippen LogP contribution in [0.4, 0.5) is 18.9 Å². The van der Waals surface area contributed by atoms with Gasteiger partial charge in [-0.1, -0.05) is 12.1 Å². The van der Waals surface area contributed by atoms with Crippen LogP contribution in [0.15, 0.2) is 45.3 Å². The van der Waals surface area contributed by atoms with E-state index in [1.54, 1.807) is 12.1 Å². The third-order valence-electron chi connectivity index (χ3n) is 3.55. The summed E-state index contributed by atoms with van der Waals surface area (Å²) < 4.78 is 50.5. The molecule has 27 heavy (non-hydrogen) atoms. The van der Waals surface area contributed by atoms with E-state index in [0.29, 0.717) is 11.5 Å². The average Bonchev–Trinajstić information content (AvgIpc) is 3.21. The first-order chi connectivity index (χ1) is 12.8. The van der Waals surface area contributed by atoms with Crippen LogP contribution in [0.25, 0.3) is 0 Å². The first-order valence-corrected chi connectivity index (χ1v) is 8.44. The molecule has 0 spiro atoms. The summed E-state index contributed by atoms with van der Waals surface area (Å²) in [5.41, 5.74) is -1.55. The molecule has 0 fully saturated rings. The molecule has 0 aliphatic rings. The van der Waals surface area contributed by atoms with Crippen LogP contribution in [0.3, 0.4) is 0 Å². The summed E-state index contributed by atoms with van der Waals surface area (Å²) in [4.78, 5) is 12.2. The number of anilines is 1. The van der Waals surface area contributed by atoms with Crippen LogP contribution in [0, 0.1) is 6.92 Å². The number of carbonyl (C=O) groups excluding carboxylic acids is 1. The molecule has 0 unspecified atom stereocenters. The zero-order valence-corrected chi connectivity index (χ0v) is 15.4. The molecule has 0 aliphatic carbocycles. The lowest BCUT2D eigenvalue weighted by Gasteiger charge is -2.08. The van der Waals surface area contributed by atoms with E-state index in [2.05, 4.69) is 31.4 Å². The molecule has 6 nitrogen and oxygen atoms in total. The Bertz CT molecular complexity index is 966. The second kappa shape index (κ2) is 7.47. The van der Waals surface area contributed by atoms with Gasteiger partial charge < -0.3 is 14.5 Å². The number of halogens is 4. The summed E-state index contributed by atoms with van der Waals surface area (Å²) in [6.45, 7) is 1.42. The first kappa shape index (κ1) is 19.0. The maximum Gasteiger partial charge on any atom is 0.437 e. The van der Waals surface area contributed by atoms with Crippen molar-refractivity contribution >= 4 is 27.5 Å². The van der Waals surface area contributed by atoms with Gasteiger partial charge in [0.05, 0.1) is 15.9 Å². The number of ether oxygens (including phenoxy) is 1. The number of carbonyl (C=O) groups is 1. The number of furan rings is 1. The lowest BCUT2D eigenvalue weighted by Crippen LogP contribution is -2.16. The number of nitrogens with one attached hydrogen (secondary N) is 2. The molecule has 0 atom stereocenters. The summed E-state index contributed by atoms with van der Waals surface area (Å²) >= 11 is 3.34. The number of benzene rings is 1. The van der Waals surface area contributed by atoms with Crippen molar-refractivity contribution in [3.63, 3.8) is 0 Å². The van der Waals surface area contributed by atoms with Gasteiger partial charge in [-0.25, -0.2) is 0 Å². The van der Waals surface area contributed by atoms with Crippen LogP contribution in [-0.4, -0.2) is 16.1 Å². The predicted molar refractivity (Wildman–Crippen MR) is 93.5 cm³/mol. The highest BCUT2D eigenvalue weighted by Gasteiger charge is 2.38. The van der Waals surface area contributed by atoms with Crippen molar-refractivity contribution in [1.82, 2.24) is 10.2 Å². The lowest BCUT2D eigenvalue weighted by atomic mass is 10.2. The Hall–Kier alpha value is -2.75. The number of hydrogen-bond donors (Lipinski definition) is 2. The van der Waals surface area contributed by atoms with Crippen LogP contribution in [0.5, 0.6) is 5.75 Å². The minimum atomic E-state index is -4.70. The summed E-state index contributed by atoms with van der Waals surface area (Å²) in [5.74, 6) is -0.0359. The average molecular weight is 444 g/mol. The fraction of sp³-hybridized carbons (Fsp3) is 0.176. The first-order valence-electron chi connectivity index (χ1n) is 7.65. The molecule has 1 amide bonds. The molecule has 0 radical (unpaired) electrons. The molecule has 3 rings (SSSR count). The minimum absolute atomic E-state index is 0.0500. The van der Waals surface area contributed by atoms with E-state index < -0.39 is 23.5 Å². The van der Waals surface area contributed by atoms with Gasteiger partial charge in [-0.05, 0) is 47.1 Å². The van der Waals surface area contributed by atoms with Crippen molar-refractivity contribution in [3.05, 3.63) is 63.8 Å². The number of amides is 1. The number of aromatic amines is 1. The van der Waals surface area contributed by atoms with E-state index in [9.17, 15) is 18.0 Å². The number of H-pyrrole nitrogens is 1. The Balaban J connectivity index is 1.69. The largest absolute Gasteiger partial charge is 0.484 e. The third kappa shape index (κ3) is 4.33. The van der Waals surface area contributed by atoms with Crippen molar-refractivity contribution in [2.45, 2.75) is 19.7 Å². The minimum Gasteiger partial charge on any atom is -0.484 e. The van der Waals surface area contributed by atoms with Crippen LogP contribution in [-0.2, 0) is 12.8 Å². The summed E-state index contributed by atoms with van der Waals surface area (Å²) in [5, 5.41) is 7.58. The molecule has 2 N–H and O–H groups in total. The molecular weight excluding hydrogens is 431 g/mol. The molecule has 0 aliphatic heterocycles. The molecule has 1 aromatic carbocycles. The molecular formula is C17H13BrF3N3O3. The van der Waals surface area contributed by atoms with Gasteiger partial charge in [0, 0.05) is 0 Å². The monoisotopic (exact) mass is 443 g/mol. The molecule has 142 valence electrons. The Morgan fingerprint density at radius 3 is 2.74 bits per heavy atom.